The third kappa shape index (κ3) is 3.48. The summed E-state index contributed by atoms with van der Waals surface area (Å²) in [5.74, 6) is -0.108. The standard InChI is InChI=1S/C21H18ClN3OS/c1-12-8-13(2)10-16(9-12)23-20(26)18-11-17-19(24-25(3)21(17)27-18)14-4-6-15(22)7-5-14/h4-11H,1-3H3,(H,23,26). The van der Waals surface area contributed by atoms with Crippen molar-refractivity contribution in [2.75, 3.05) is 5.32 Å². The number of carbonyl (C=O) groups is 1. The van der Waals surface area contributed by atoms with Gasteiger partial charge in [0.25, 0.3) is 5.91 Å². The molecular weight excluding hydrogens is 378 g/mol. The van der Waals surface area contributed by atoms with Crippen LogP contribution in [0.4, 0.5) is 5.69 Å². The SMILES string of the molecule is Cc1cc(C)cc(NC(=O)c2cc3c(-c4ccc(Cl)cc4)nn(C)c3s2)c1. The maximum absolute atomic E-state index is 12.8. The van der Waals surface area contributed by atoms with Crippen molar-refractivity contribution in [3.05, 3.63) is 69.6 Å². The molecule has 27 heavy (non-hydrogen) atoms. The Labute approximate surface area is 166 Å². The van der Waals surface area contributed by atoms with Crippen molar-refractivity contribution >= 4 is 44.7 Å². The van der Waals surface area contributed by atoms with Gasteiger partial charge in [0.2, 0.25) is 0 Å². The second kappa shape index (κ2) is 6.83. The van der Waals surface area contributed by atoms with Crippen molar-refractivity contribution in [3.63, 3.8) is 0 Å². The lowest BCUT2D eigenvalue weighted by molar-refractivity contribution is 0.103. The molecule has 0 aliphatic heterocycles. The van der Waals surface area contributed by atoms with Crippen LogP contribution < -0.4 is 5.32 Å². The van der Waals surface area contributed by atoms with E-state index in [1.807, 2.05) is 68.0 Å². The molecule has 0 fully saturated rings. The predicted molar refractivity (Wildman–Crippen MR) is 113 cm³/mol. The number of nitrogens with zero attached hydrogens (tertiary/aromatic N) is 2. The number of anilines is 1. The minimum Gasteiger partial charge on any atom is -0.321 e. The number of halogens is 1. The van der Waals surface area contributed by atoms with Gasteiger partial charge in [-0.2, -0.15) is 5.10 Å². The molecule has 0 spiro atoms. The van der Waals surface area contributed by atoms with Gasteiger partial charge in [0.05, 0.1) is 4.88 Å². The normalized spacial score (nSPS) is 11.1. The number of nitrogens with one attached hydrogen (secondary N) is 1. The van der Waals surface area contributed by atoms with Gasteiger partial charge in [-0.1, -0.05) is 29.8 Å². The molecule has 2 aromatic carbocycles. The molecule has 4 rings (SSSR count). The van der Waals surface area contributed by atoms with Crippen LogP contribution in [0.3, 0.4) is 0 Å². The molecular formula is C21H18ClN3OS. The van der Waals surface area contributed by atoms with Crippen LogP contribution >= 0.6 is 22.9 Å². The van der Waals surface area contributed by atoms with Gasteiger partial charge in [-0.25, -0.2) is 0 Å². The summed E-state index contributed by atoms with van der Waals surface area (Å²) in [5.41, 5.74) is 4.88. The van der Waals surface area contributed by atoms with Crippen LogP contribution in [0.5, 0.6) is 0 Å². The van der Waals surface area contributed by atoms with E-state index in [2.05, 4.69) is 16.5 Å². The number of thiophene rings is 1. The molecule has 0 bridgehead atoms. The monoisotopic (exact) mass is 395 g/mol. The third-order valence-corrected chi connectivity index (χ3v) is 5.79. The van der Waals surface area contributed by atoms with Crippen molar-refractivity contribution in [3.8, 4) is 11.3 Å². The van der Waals surface area contributed by atoms with E-state index in [0.717, 1.165) is 38.3 Å². The fourth-order valence-electron chi connectivity index (χ4n) is 3.21. The number of benzene rings is 2. The van der Waals surface area contributed by atoms with Crippen LogP contribution in [0.1, 0.15) is 20.8 Å². The second-order valence-electron chi connectivity index (χ2n) is 6.64. The quantitative estimate of drug-likeness (QED) is 0.474. The zero-order valence-electron chi connectivity index (χ0n) is 15.2. The fraction of sp³-hybridized carbons (Fsp3) is 0.143. The summed E-state index contributed by atoms with van der Waals surface area (Å²) in [5, 5.41) is 9.26. The molecule has 0 atom stereocenters. The van der Waals surface area contributed by atoms with Gasteiger partial charge in [0.15, 0.2) is 0 Å². The zero-order chi connectivity index (χ0) is 19.1. The highest BCUT2D eigenvalue weighted by molar-refractivity contribution is 7.20. The van der Waals surface area contributed by atoms with E-state index in [1.165, 1.54) is 11.3 Å². The molecule has 0 saturated heterocycles. The first-order chi connectivity index (χ1) is 12.9. The van der Waals surface area contributed by atoms with Gasteiger partial charge < -0.3 is 5.32 Å². The molecule has 0 saturated carbocycles. The summed E-state index contributed by atoms with van der Waals surface area (Å²) in [4.78, 5) is 14.4. The number of hydrogen-bond donors (Lipinski definition) is 1. The van der Waals surface area contributed by atoms with Gasteiger partial charge in [0, 0.05) is 28.7 Å². The fourth-order valence-corrected chi connectivity index (χ4v) is 4.31. The summed E-state index contributed by atoms with van der Waals surface area (Å²) in [6.45, 7) is 4.04. The minimum absolute atomic E-state index is 0.108. The lowest BCUT2D eigenvalue weighted by Crippen LogP contribution is -2.10. The van der Waals surface area contributed by atoms with Crippen molar-refractivity contribution in [2.24, 2.45) is 7.05 Å². The summed E-state index contributed by atoms with van der Waals surface area (Å²) >= 11 is 7.43. The molecule has 1 amide bonds. The molecule has 0 aliphatic rings. The first kappa shape index (κ1) is 17.8. The van der Waals surface area contributed by atoms with Crippen LogP contribution in [-0.4, -0.2) is 15.7 Å². The van der Waals surface area contributed by atoms with E-state index in [-0.39, 0.29) is 5.91 Å². The zero-order valence-corrected chi connectivity index (χ0v) is 16.8. The molecule has 4 nitrogen and oxygen atoms in total. The Hall–Kier alpha value is -2.63. The van der Waals surface area contributed by atoms with Crippen molar-refractivity contribution < 1.29 is 4.79 Å². The lowest BCUT2D eigenvalue weighted by atomic mass is 10.1. The van der Waals surface area contributed by atoms with E-state index < -0.39 is 0 Å². The number of amides is 1. The molecule has 0 radical (unpaired) electrons. The topological polar surface area (TPSA) is 46.9 Å². The highest BCUT2D eigenvalue weighted by Crippen LogP contribution is 2.34. The van der Waals surface area contributed by atoms with Crippen LogP contribution in [0, 0.1) is 13.8 Å². The first-order valence-electron chi connectivity index (χ1n) is 8.53. The third-order valence-electron chi connectivity index (χ3n) is 4.33. The second-order valence-corrected chi connectivity index (χ2v) is 8.11. The van der Waals surface area contributed by atoms with E-state index in [9.17, 15) is 4.79 Å². The minimum atomic E-state index is -0.108. The van der Waals surface area contributed by atoms with Crippen LogP contribution in [0.25, 0.3) is 21.5 Å². The summed E-state index contributed by atoms with van der Waals surface area (Å²) in [6, 6.07) is 15.5. The number of rotatable bonds is 3. The lowest BCUT2D eigenvalue weighted by Gasteiger charge is -2.06. The maximum atomic E-state index is 12.8. The Morgan fingerprint density at radius 3 is 2.41 bits per heavy atom. The highest BCUT2D eigenvalue weighted by atomic mass is 35.5. The van der Waals surface area contributed by atoms with E-state index in [1.54, 1.807) is 0 Å². The Morgan fingerprint density at radius 2 is 1.74 bits per heavy atom. The molecule has 0 aliphatic carbocycles. The number of aryl methyl sites for hydroxylation is 3. The van der Waals surface area contributed by atoms with Crippen LogP contribution in [0.2, 0.25) is 5.02 Å². The Kier molecular flexibility index (Phi) is 4.50. The van der Waals surface area contributed by atoms with Gasteiger partial charge in [-0.15, -0.1) is 11.3 Å². The van der Waals surface area contributed by atoms with E-state index in [0.29, 0.717) is 9.90 Å². The summed E-state index contributed by atoms with van der Waals surface area (Å²) in [7, 11) is 1.89. The molecule has 2 aromatic heterocycles. The van der Waals surface area contributed by atoms with E-state index >= 15 is 0 Å². The Bertz CT molecular complexity index is 1140. The smallest absolute Gasteiger partial charge is 0.265 e. The number of hydrogen-bond acceptors (Lipinski definition) is 3. The molecule has 1 N–H and O–H groups in total. The predicted octanol–water partition coefficient (Wildman–Crippen LogP) is 5.82. The Morgan fingerprint density at radius 1 is 1.07 bits per heavy atom. The van der Waals surface area contributed by atoms with Crippen molar-refractivity contribution in [2.45, 2.75) is 13.8 Å². The van der Waals surface area contributed by atoms with Crippen molar-refractivity contribution in [1.29, 1.82) is 0 Å². The molecule has 2 heterocycles. The summed E-state index contributed by atoms with van der Waals surface area (Å²) < 4.78 is 1.82. The number of fused-ring (bicyclic) bond motifs is 1. The summed E-state index contributed by atoms with van der Waals surface area (Å²) in [6.07, 6.45) is 0. The number of carbonyl (C=O) groups excluding carboxylic acids is 1. The van der Waals surface area contributed by atoms with Gasteiger partial charge in [-0.3, -0.25) is 9.48 Å². The highest BCUT2D eigenvalue weighted by Gasteiger charge is 2.18. The maximum Gasteiger partial charge on any atom is 0.265 e. The molecule has 136 valence electrons. The number of aromatic nitrogens is 2. The molecule has 6 heteroatoms. The molecule has 0 unspecified atom stereocenters. The average Bonchev–Trinajstić information content (AvgIpc) is 3.16. The van der Waals surface area contributed by atoms with Crippen LogP contribution in [0.15, 0.2) is 48.5 Å². The van der Waals surface area contributed by atoms with Gasteiger partial charge in [0.1, 0.15) is 10.5 Å². The first-order valence-corrected chi connectivity index (χ1v) is 9.72. The average molecular weight is 396 g/mol. The largest absolute Gasteiger partial charge is 0.321 e. The molecule has 4 aromatic rings. The van der Waals surface area contributed by atoms with Crippen LogP contribution in [-0.2, 0) is 7.05 Å². The van der Waals surface area contributed by atoms with Crippen molar-refractivity contribution in [1.82, 2.24) is 9.78 Å². The Balaban J connectivity index is 1.70. The van der Waals surface area contributed by atoms with Gasteiger partial charge in [-0.05, 0) is 55.3 Å². The van der Waals surface area contributed by atoms with Gasteiger partial charge >= 0.3 is 0 Å². The van der Waals surface area contributed by atoms with E-state index in [4.69, 9.17) is 11.6 Å².